The molecule has 0 saturated carbocycles. The number of ether oxygens (including phenoxy) is 1. The maximum Gasteiger partial charge on any atom is 0.337 e. The third kappa shape index (κ3) is 2.98. The van der Waals surface area contributed by atoms with Crippen molar-refractivity contribution in [1.82, 2.24) is 0 Å². The Balaban J connectivity index is 2.31. The number of nitrogens with two attached hydrogens (primary N) is 1. The fourth-order valence-corrected chi connectivity index (χ4v) is 1.80. The van der Waals surface area contributed by atoms with E-state index in [2.05, 4.69) is 9.84 Å². The molecule has 0 unspecified atom stereocenters. The van der Waals surface area contributed by atoms with Crippen LogP contribution in [-0.2, 0) is 4.74 Å². The zero-order valence-corrected chi connectivity index (χ0v) is 10.5. The van der Waals surface area contributed by atoms with E-state index in [-0.39, 0.29) is 5.97 Å². The first-order chi connectivity index (χ1) is 9.24. The van der Waals surface area contributed by atoms with Gasteiger partial charge in [-0.25, -0.2) is 4.79 Å². The molecule has 19 heavy (non-hydrogen) atoms. The van der Waals surface area contributed by atoms with E-state index in [1.807, 2.05) is 36.4 Å². The molecule has 0 heterocycles. The zero-order valence-electron chi connectivity index (χ0n) is 10.5. The van der Waals surface area contributed by atoms with E-state index >= 15 is 0 Å². The third-order valence-electron chi connectivity index (χ3n) is 2.75. The smallest absolute Gasteiger partial charge is 0.337 e. The van der Waals surface area contributed by atoms with Crippen molar-refractivity contribution in [3.63, 3.8) is 0 Å². The van der Waals surface area contributed by atoms with Crippen LogP contribution in [0.25, 0.3) is 11.1 Å². The van der Waals surface area contributed by atoms with Crippen molar-refractivity contribution in [3.8, 4) is 11.1 Å². The Morgan fingerprint density at radius 1 is 1.16 bits per heavy atom. The summed E-state index contributed by atoms with van der Waals surface area (Å²) < 4.78 is 4.66. The van der Waals surface area contributed by atoms with E-state index in [1.54, 1.807) is 18.3 Å². The largest absolute Gasteiger partial charge is 0.465 e. The maximum absolute atomic E-state index is 11.3. The summed E-state index contributed by atoms with van der Waals surface area (Å²) in [5.74, 6) is 4.80. The van der Waals surface area contributed by atoms with Crippen molar-refractivity contribution >= 4 is 12.2 Å². The summed E-state index contributed by atoms with van der Waals surface area (Å²) >= 11 is 0. The monoisotopic (exact) mass is 254 g/mol. The molecule has 0 aliphatic rings. The number of carbonyl (C=O) groups is 1. The minimum absolute atomic E-state index is 0.337. The van der Waals surface area contributed by atoms with E-state index in [9.17, 15) is 4.79 Å². The van der Waals surface area contributed by atoms with E-state index in [4.69, 9.17) is 5.84 Å². The Bertz CT molecular complexity index is 604. The number of nitrogens with zero attached hydrogens (tertiary/aromatic N) is 1. The fourth-order valence-electron chi connectivity index (χ4n) is 1.80. The molecule has 2 rings (SSSR count). The Morgan fingerprint density at radius 3 is 2.53 bits per heavy atom. The third-order valence-corrected chi connectivity index (χ3v) is 2.75. The molecular formula is C15H14N2O2. The van der Waals surface area contributed by atoms with Crippen LogP contribution >= 0.6 is 0 Å². The Morgan fingerprint density at radius 2 is 1.89 bits per heavy atom. The molecule has 0 aliphatic heterocycles. The molecule has 0 aromatic heterocycles. The van der Waals surface area contributed by atoms with Gasteiger partial charge in [0.2, 0.25) is 0 Å². The van der Waals surface area contributed by atoms with Crippen LogP contribution in [0.1, 0.15) is 15.9 Å². The van der Waals surface area contributed by atoms with Gasteiger partial charge in [0.05, 0.1) is 18.9 Å². The summed E-state index contributed by atoms with van der Waals surface area (Å²) in [7, 11) is 1.37. The van der Waals surface area contributed by atoms with E-state index in [0.29, 0.717) is 5.56 Å². The number of hydrogen-bond donors (Lipinski definition) is 1. The van der Waals surface area contributed by atoms with Crippen molar-refractivity contribution in [2.45, 2.75) is 0 Å². The predicted octanol–water partition coefficient (Wildman–Crippen LogP) is 2.43. The minimum atomic E-state index is -0.337. The quantitative estimate of drug-likeness (QED) is 0.396. The first kappa shape index (κ1) is 12.8. The molecular weight excluding hydrogens is 240 g/mol. The number of carbonyl (C=O) groups excluding carboxylic acids is 1. The van der Waals surface area contributed by atoms with Crippen LogP contribution < -0.4 is 5.84 Å². The number of hydrazone groups is 1. The van der Waals surface area contributed by atoms with Crippen molar-refractivity contribution in [3.05, 3.63) is 59.7 Å². The number of rotatable bonds is 3. The fraction of sp³-hybridized carbons (Fsp3) is 0.0667. The van der Waals surface area contributed by atoms with Gasteiger partial charge in [0.15, 0.2) is 0 Å². The molecule has 0 aliphatic carbocycles. The molecule has 0 amide bonds. The second-order valence-corrected chi connectivity index (χ2v) is 3.97. The Kier molecular flexibility index (Phi) is 3.93. The van der Waals surface area contributed by atoms with Crippen molar-refractivity contribution < 1.29 is 9.53 Å². The molecule has 4 heteroatoms. The Labute approximate surface area is 111 Å². The van der Waals surface area contributed by atoms with Gasteiger partial charge in [-0.2, -0.15) is 5.10 Å². The maximum atomic E-state index is 11.3. The standard InChI is InChI=1S/C15H14N2O2/c1-19-15(18)13-7-5-12(6-8-13)14-4-2-3-11(9-14)10-17-16/h2-10H,16H2,1H3. The first-order valence-corrected chi connectivity index (χ1v) is 5.76. The molecule has 2 aromatic rings. The topological polar surface area (TPSA) is 64.7 Å². The summed E-state index contributed by atoms with van der Waals surface area (Å²) in [5, 5.41) is 3.50. The highest BCUT2D eigenvalue weighted by molar-refractivity contribution is 5.90. The summed E-state index contributed by atoms with van der Waals surface area (Å²) in [4.78, 5) is 11.3. The van der Waals surface area contributed by atoms with Gasteiger partial charge in [0, 0.05) is 0 Å². The van der Waals surface area contributed by atoms with Crippen molar-refractivity contribution in [1.29, 1.82) is 0 Å². The zero-order chi connectivity index (χ0) is 13.7. The SMILES string of the molecule is COC(=O)c1ccc(-c2cccc(C=NN)c2)cc1. The highest BCUT2D eigenvalue weighted by atomic mass is 16.5. The second kappa shape index (κ2) is 5.82. The molecule has 0 radical (unpaired) electrons. The van der Waals surface area contributed by atoms with Crippen LogP contribution in [0.15, 0.2) is 53.6 Å². The van der Waals surface area contributed by atoms with Gasteiger partial charge >= 0.3 is 5.97 Å². The molecule has 0 bridgehead atoms. The number of methoxy groups -OCH3 is 1. The molecule has 4 nitrogen and oxygen atoms in total. The average Bonchev–Trinajstić information content (AvgIpc) is 2.47. The molecule has 0 fully saturated rings. The summed E-state index contributed by atoms with van der Waals surface area (Å²) in [6.07, 6.45) is 1.59. The highest BCUT2D eigenvalue weighted by Crippen LogP contribution is 2.20. The van der Waals surface area contributed by atoms with Gasteiger partial charge in [-0.3, -0.25) is 0 Å². The van der Waals surface area contributed by atoms with Crippen LogP contribution in [0.5, 0.6) is 0 Å². The molecule has 96 valence electrons. The van der Waals surface area contributed by atoms with Gasteiger partial charge in [-0.15, -0.1) is 0 Å². The van der Waals surface area contributed by atoms with Crippen LogP contribution in [0, 0.1) is 0 Å². The van der Waals surface area contributed by atoms with Gasteiger partial charge in [-0.1, -0.05) is 30.3 Å². The van der Waals surface area contributed by atoms with Gasteiger partial charge in [0.25, 0.3) is 0 Å². The lowest BCUT2D eigenvalue weighted by Gasteiger charge is -2.04. The van der Waals surface area contributed by atoms with Crippen molar-refractivity contribution in [2.75, 3.05) is 7.11 Å². The lowest BCUT2D eigenvalue weighted by Crippen LogP contribution is -2.00. The summed E-state index contributed by atoms with van der Waals surface area (Å²) in [6, 6.07) is 15.1. The van der Waals surface area contributed by atoms with Crippen LogP contribution in [0.2, 0.25) is 0 Å². The van der Waals surface area contributed by atoms with Gasteiger partial charge in [0.1, 0.15) is 0 Å². The van der Waals surface area contributed by atoms with Gasteiger partial charge < -0.3 is 10.6 Å². The van der Waals surface area contributed by atoms with Crippen LogP contribution in [0.4, 0.5) is 0 Å². The highest BCUT2D eigenvalue weighted by Gasteiger charge is 2.05. The normalized spacial score (nSPS) is 10.6. The average molecular weight is 254 g/mol. The lowest BCUT2D eigenvalue weighted by molar-refractivity contribution is 0.0601. The number of hydrogen-bond acceptors (Lipinski definition) is 4. The predicted molar refractivity (Wildman–Crippen MR) is 75.0 cm³/mol. The van der Waals surface area contributed by atoms with Crippen LogP contribution in [-0.4, -0.2) is 19.3 Å². The molecule has 0 spiro atoms. The van der Waals surface area contributed by atoms with Crippen molar-refractivity contribution in [2.24, 2.45) is 10.9 Å². The molecule has 2 aromatic carbocycles. The number of esters is 1. The molecule has 0 saturated heterocycles. The first-order valence-electron chi connectivity index (χ1n) is 5.76. The lowest BCUT2D eigenvalue weighted by atomic mass is 10.0. The minimum Gasteiger partial charge on any atom is -0.465 e. The summed E-state index contributed by atoms with van der Waals surface area (Å²) in [5.41, 5.74) is 3.51. The Hall–Kier alpha value is -2.62. The van der Waals surface area contributed by atoms with Crippen LogP contribution in [0.3, 0.4) is 0 Å². The number of benzene rings is 2. The van der Waals surface area contributed by atoms with E-state index < -0.39 is 0 Å². The van der Waals surface area contributed by atoms with E-state index in [0.717, 1.165) is 16.7 Å². The summed E-state index contributed by atoms with van der Waals surface area (Å²) in [6.45, 7) is 0. The molecule has 0 atom stereocenters. The van der Waals surface area contributed by atoms with Gasteiger partial charge in [-0.05, 0) is 34.9 Å². The van der Waals surface area contributed by atoms with E-state index in [1.165, 1.54) is 7.11 Å². The second-order valence-electron chi connectivity index (χ2n) is 3.97. The molecule has 2 N–H and O–H groups in total.